The lowest BCUT2D eigenvalue weighted by Crippen LogP contribution is -2.08. The van der Waals surface area contributed by atoms with Gasteiger partial charge in [-0.15, -0.1) is 0 Å². The molecule has 0 unspecified atom stereocenters. The van der Waals surface area contributed by atoms with Crippen LogP contribution in [0.15, 0.2) is 72.9 Å². The van der Waals surface area contributed by atoms with Gasteiger partial charge in [-0.2, -0.15) is 0 Å². The molecule has 0 saturated heterocycles. The second-order valence-electron chi connectivity index (χ2n) is 7.99. The Morgan fingerprint density at radius 1 is 0.853 bits per heavy atom. The van der Waals surface area contributed by atoms with Crippen molar-refractivity contribution in [3.05, 3.63) is 89.7 Å². The normalized spacial score (nSPS) is 11.1. The quantitative estimate of drug-likeness (QED) is 0.308. The van der Waals surface area contributed by atoms with Gasteiger partial charge in [0.15, 0.2) is 11.5 Å². The van der Waals surface area contributed by atoms with Gasteiger partial charge in [0, 0.05) is 28.2 Å². The molecule has 3 aromatic heterocycles. The van der Waals surface area contributed by atoms with E-state index in [1.165, 1.54) is 0 Å². The predicted octanol–water partition coefficient (Wildman–Crippen LogP) is 5.72. The van der Waals surface area contributed by atoms with Crippen molar-refractivity contribution in [3.63, 3.8) is 0 Å². The van der Waals surface area contributed by atoms with Crippen molar-refractivity contribution in [3.8, 4) is 28.5 Å². The van der Waals surface area contributed by atoms with Crippen LogP contribution in [-0.4, -0.2) is 36.5 Å². The zero-order chi connectivity index (χ0) is 23.8. The maximum absolute atomic E-state index is 14.0. The fourth-order valence-corrected chi connectivity index (χ4v) is 4.41. The summed E-state index contributed by atoms with van der Waals surface area (Å²) in [5.74, 6) is 1.48. The molecule has 34 heavy (non-hydrogen) atoms. The number of methoxy groups -OCH3 is 3. The highest BCUT2D eigenvalue weighted by molar-refractivity contribution is 6.17. The summed E-state index contributed by atoms with van der Waals surface area (Å²) in [6.07, 6.45) is 1.92. The van der Waals surface area contributed by atoms with Crippen LogP contribution in [0.3, 0.4) is 0 Å². The summed E-state index contributed by atoms with van der Waals surface area (Å²) in [5.41, 5.74) is 5.25. The predicted molar refractivity (Wildman–Crippen MR) is 132 cm³/mol. The number of pyridine rings is 2. The number of carbonyl (C=O) groups excluding carboxylic acids is 1. The minimum atomic E-state index is -0.0593. The molecule has 0 atom stereocenters. The largest absolute Gasteiger partial charge is 0.493 e. The van der Waals surface area contributed by atoms with Crippen LogP contribution in [0.1, 0.15) is 21.6 Å². The molecule has 2 aromatic carbocycles. The fourth-order valence-electron chi connectivity index (χ4n) is 4.41. The van der Waals surface area contributed by atoms with Crippen LogP contribution in [0, 0.1) is 6.92 Å². The number of para-hydroxylation sites is 1. The van der Waals surface area contributed by atoms with Crippen molar-refractivity contribution in [1.29, 1.82) is 0 Å². The highest BCUT2D eigenvalue weighted by Gasteiger charge is 2.22. The van der Waals surface area contributed by atoms with E-state index in [1.54, 1.807) is 21.3 Å². The smallest absolute Gasteiger partial charge is 0.210 e. The Morgan fingerprint density at radius 2 is 1.56 bits per heavy atom. The molecule has 0 spiro atoms. The average Bonchev–Trinajstić information content (AvgIpc) is 3.22. The van der Waals surface area contributed by atoms with Crippen LogP contribution >= 0.6 is 0 Å². The molecule has 5 rings (SSSR count). The van der Waals surface area contributed by atoms with Crippen LogP contribution in [0.5, 0.6) is 17.2 Å². The van der Waals surface area contributed by atoms with Crippen LogP contribution in [-0.2, 0) is 0 Å². The van der Waals surface area contributed by atoms with Crippen LogP contribution < -0.4 is 14.2 Å². The molecule has 0 saturated carbocycles. The highest BCUT2D eigenvalue weighted by Crippen LogP contribution is 2.41. The summed E-state index contributed by atoms with van der Waals surface area (Å²) < 4.78 is 18.4. The monoisotopic (exact) mass is 452 g/mol. The third-order valence-electron chi connectivity index (χ3n) is 6.01. The van der Waals surface area contributed by atoms with E-state index in [0.717, 1.165) is 27.5 Å². The van der Waals surface area contributed by atoms with E-state index in [0.29, 0.717) is 34.2 Å². The van der Waals surface area contributed by atoms with E-state index in [1.807, 2.05) is 84.3 Å². The molecule has 6 nitrogen and oxygen atoms in total. The zero-order valence-corrected chi connectivity index (χ0v) is 19.5. The molecule has 0 amide bonds. The molecule has 6 heteroatoms. The summed E-state index contributed by atoms with van der Waals surface area (Å²) in [4.78, 5) is 18.8. The lowest BCUT2D eigenvalue weighted by atomic mass is 9.98. The van der Waals surface area contributed by atoms with E-state index >= 15 is 0 Å². The molecule has 0 N–H and O–H groups in total. The summed E-state index contributed by atoms with van der Waals surface area (Å²) >= 11 is 0. The van der Waals surface area contributed by atoms with Crippen molar-refractivity contribution in [2.75, 3.05) is 21.3 Å². The molecular formula is C28H24N2O4. The summed E-state index contributed by atoms with van der Waals surface area (Å²) in [7, 11) is 4.71. The third kappa shape index (κ3) is 3.44. The highest BCUT2D eigenvalue weighted by atomic mass is 16.5. The molecule has 0 bridgehead atoms. The van der Waals surface area contributed by atoms with Gasteiger partial charge < -0.3 is 18.6 Å². The van der Waals surface area contributed by atoms with Crippen molar-refractivity contribution in [1.82, 2.24) is 9.38 Å². The summed E-state index contributed by atoms with van der Waals surface area (Å²) in [6, 6.07) is 21.1. The fraction of sp³-hybridized carbons (Fsp3) is 0.143. The number of fused-ring (bicyclic) bond motifs is 2. The van der Waals surface area contributed by atoms with Gasteiger partial charge >= 0.3 is 0 Å². The van der Waals surface area contributed by atoms with Gasteiger partial charge in [-0.3, -0.25) is 4.79 Å². The van der Waals surface area contributed by atoms with E-state index in [4.69, 9.17) is 19.2 Å². The number of ether oxygens (including phenoxy) is 3. The molecule has 170 valence electrons. The van der Waals surface area contributed by atoms with Gasteiger partial charge in [0.1, 0.15) is 0 Å². The first-order valence-corrected chi connectivity index (χ1v) is 10.9. The van der Waals surface area contributed by atoms with E-state index in [2.05, 4.69) is 0 Å². The Kier molecular flexibility index (Phi) is 5.42. The molecule has 0 aliphatic heterocycles. The maximum atomic E-state index is 14.0. The maximum Gasteiger partial charge on any atom is 0.210 e. The number of hydrogen-bond donors (Lipinski definition) is 0. The van der Waals surface area contributed by atoms with Crippen LogP contribution in [0.4, 0.5) is 0 Å². The molecule has 3 heterocycles. The van der Waals surface area contributed by atoms with Gasteiger partial charge in [0.05, 0.1) is 38.2 Å². The molecule has 0 aliphatic rings. The third-order valence-corrected chi connectivity index (χ3v) is 6.01. The van der Waals surface area contributed by atoms with Crippen molar-refractivity contribution < 1.29 is 19.0 Å². The zero-order valence-electron chi connectivity index (χ0n) is 19.5. The second-order valence-corrected chi connectivity index (χ2v) is 7.99. The van der Waals surface area contributed by atoms with E-state index < -0.39 is 0 Å². The standard InChI is InChI=1S/C28H24N2O4/c1-17-13-19-9-7-8-12-30(19)26(17)27(31)21-16-23(29-22-11-6-5-10-20(21)22)18-14-24(32-2)28(34-4)25(15-18)33-3/h5-16H,1-4H3. The van der Waals surface area contributed by atoms with Gasteiger partial charge in [-0.05, 0) is 55.0 Å². The number of hydrogen-bond acceptors (Lipinski definition) is 5. The number of aromatic nitrogens is 2. The van der Waals surface area contributed by atoms with E-state index in [-0.39, 0.29) is 5.78 Å². The second kappa shape index (κ2) is 8.56. The minimum absolute atomic E-state index is 0.0593. The van der Waals surface area contributed by atoms with E-state index in [9.17, 15) is 4.79 Å². The minimum Gasteiger partial charge on any atom is -0.493 e. The van der Waals surface area contributed by atoms with Crippen molar-refractivity contribution in [2.45, 2.75) is 6.92 Å². The molecule has 0 fully saturated rings. The number of aryl methyl sites for hydroxylation is 1. The molecule has 0 radical (unpaired) electrons. The number of rotatable bonds is 6. The summed E-state index contributed by atoms with van der Waals surface area (Å²) in [6.45, 7) is 1.96. The number of nitrogens with zero attached hydrogens (tertiary/aromatic N) is 2. The number of ketones is 1. The summed E-state index contributed by atoms with van der Waals surface area (Å²) in [5, 5.41) is 0.800. The first-order valence-electron chi connectivity index (χ1n) is 10.9. The Bertz CT molecular complexity index is 1530. The number of benzene rings is 2. The Balaban J connectivity index is 1.75. The van der Waals surface area contributed by atoms with Crippen LogP contribution in [0.25, 0.3) is 27.7 Å². The van der Waals surface area contributed by atoms with Crippen molar-refractivity contribution >= 4 is 22.2 Å². The van der Waals surface area contributed by atoms with Crippen LogP contribution in [0.2, 0.25) is 0 Å². The topological polar surface area (TPSA) is 62.1 Å². The van der Waals surface area contributed by atoms with Crippen molar-refractivity contribution in [2.24, 2.45) is 0 Å². The van der Waals surface area contributed by atoms with Gasteiger partial charge in [-0.25, -0.2) is 4.98 Å². The van der Waals surface area contributed by atoms with Gasteiger partial charge in [0.2, 0.25) is 11.5 Å². The molecule has 5 aromatic rings. The lowest BCUT2D eigenvalue weighted by Gasteiger charge is -2.15. The van der Waals surface area contributed by atoms with Gasteiger partial charge in [-0.1, -0.05) is 24.3 Å². The molecule has 0 aliphatic carbocycles. The number of carbonyl (C=O) groups is 1. The first kappa shape index (κ1) is 21.5. The Morgan fingerprint density at radius 3 is 2.26 bits per heavy atom. The average molecular weight is 453 g/mol. The SMILES string of the molecule is COc1cc(-c2cc(C(=O)c3c(C)cc4ccccn34)c3ccccc3n2)cc(OC)c1OC. The molecular weight excluding hydrogens is 428 g/mol. The Labute approximate surface area is 197 Å². The Hall–Kier alpha value is -4.32. The van der Waals surface area contributed by atoms with Gasteiger partial charge in [0.25, 0.3) is 0 Å². The first-order chi connectivity index (χ1) is 16.5. The lowest BCUT2D eigenvalue weighted by molar-refractivity contribution is 0.103.